The van der Waals surface area contributed by atoms with Gasteiger partial charge in [0.25, 0.3) is 0 Å². The number of aromatic nitrogens is 2. The summed E-state index contributed by atoms with van der Waals surface area (Å²) in [5.41, 5.74) is 0. The predicted octanol–water partition coefficient (Wildman–Crippen LogP) is 1.31. The van der Waals surface area contributed by atoms with Gasteiger partial charge in [-0.2, -0.15) is 0 Å². The van der Waals surface area contributed by atoms with Crippen molar-refractivity contribution in [3.8, 4) is 0 Å². The van der Waals surface area contributed by atoms with E-state index in [2.05, 4.69) is 30.8 Å². The van der Waals surface area contributed by atoms with E-state index in [1.807, 2.05) is 13.1 Å². The molecule has 0 amide bonds. The SMILES string of the molecule is CN(CCBr)c1ccncn1. The molecular weight excluding hydrogens is 206 g/mol. The molecule has 1 aromatic rings. The van der Waals surface area contributed by atoms with Gasteiger partial charge in [0.05, 0.1) is 0 Å². The Morgan fingerprint density at radius 2 is 2.45 bits per heavy atom. The van der Waals surface area contributed by atoms with E-state index in [0.29, 0.717) is 0 Å². The fourth-order valence-electron chi connectivity index (χ4n) is 0.751. The molecule has 0 saturated heterocycles. The first-order valence-electron chi connectivity index (χ1n) is 3.37. The maximum atomic E-state index is 4.09. The van der Waals surface area contributed by atoms with Crippen LogP contribution in [0, 0.1) is 0 Å². The largest absolute Gasteiger partial charge is 0.359 e. The quantitative estimate of drug-likeness (QED) is 0.713. The Hall–Kier alpha value is -0.640. The molecule has 0 spiro atoms. The maximum Gasteiger partial charge on any atom is 0.131 e. The van der Waals surface area contributed by atoms with Crippen LogP contribution in [0.25, 0.3) is 0 Å². The van der Waals surface area contributed by atoms with E-state index in [0.717, 1.165) is 17.7 Å². The number of anilines is 1. The van der Waals surface area contributed by atoms with Crippen LogP contribution in [0.5, 0.6) is 0 Å². The number of alkyl halides is 1. The van der Waals surface area contributed by atoms with Gasteiger partial charge < -0.3 is 4.90 Å². The Balaban J connectivity index is 2.61. The summed E-state index contributed by atoms with van der Waals surface area (Å²) in [7, 11) is 2.00. The number of hydrogen-bond acceptors (Lipinski definition) is 3. The molecule has 0 bridgehead atoms. The van der Waals surface area contributed by atoms with Gasteiger partial charge in [0.15, 0.2) is 0 Å². The van der Waals surface area contributed by atoms with Crippen LogP contribution in [-0.2, 0) is 0 Å². The van der Waals surface area contributed by atoms with Crippen molar-refractivity contribution in [2.75, 3.05) is 23.8 Å². The highest BCUT2D eigenvalue weighted by Crippen LogP contribution is 2.04. The third-order valence-electron chi connectivity index (χ3n) is 1.38. The van der Waals surface area contributed by atoms with Crippen molar-refractivity contribution in [3.63, 3.8) is 0 Å². The Bertz CT molecular complexity index is 202. The maximum absolute atomic E-state index is 4.09. The summed E-state index contributed by atoms with van der Waals surface area (Å²) < 4.78 is 0. The van der Waals surface area contributed by atoms with E-state index in [1.54, 1.807) is 12.5 Å². The lowest BCUT2D eigenvalue weighted by atomic mass is 10.5. The summed E-state index contributed by atoms with van der Waals surface area (Å²) >= 11 is 3.36. The zero-order valence-electron chi connectivity index (χ0n) is 6.37. The van der Waals surface area contributed by atoms with Gasteiger partial charge in [0.1, 0.15) is 12.1 Å². The van der Waals surface area contributed by atoms with Gasteiger partial charge in [0, 0.05) is 25.1 Å². The van der Waals surface area contributed by atoms with Crippen molar-refractivity contribution in [3.05, 3.63) is 18.6 Å². The number of hydrogen-bond donors (Lipinski definition) is 0. The highest BCUT2D eigenvalue weighted by atomic mass is 79.9. The lowest BCUT2D eigenvalue weighted by molar-refractivity contribution is 0.939. The van der Waals surface area contributed by atoms with Crippen LogP contribution in [0.3, 0.4) is 0 Å². The third-order valence-corrected chi connectivity index (χ3v) is 1.73. The number of rotatable bonds is 3. The van der Waals surface area contributed by atoms with Gasteiger partial charge in [0.2, 0.25) is 0 Å². The van der Waals surface area contributed by atoms with Crippen molar-refractivity contribution in [2.24, 2.45) is 0 Å². The number of nitrogens with zero attached hydrogens (tertiary/aromatic N) is 3. The van der Waals surface area contributed by atoms with Gasteiger partial charge in [-0.3, -0.25) is 0 Å². The van der Waals surface area contributed by atoms with E-state index >= 15 is 0 Å². The molecule has 0 radical (unpaired) electrons. The van der Waals surface area contributed by atoms with E-state index < -0.39 is 0 Å². The van der Waals surface area contributed by atoms with Crippen molar-refractivity contribution < 1.29 is 0 Å². The summed E-state index contributed by atoms with van der Waals surface area (Å²) in [6, 6.07) is 1.89. The average molecular weight is 216 g/mol. The topological polar surface area (TPSA) is 29.0 Å². The lowest BCUT2D eigenvalue weighted by Gasteiger charge is -2.15. The van der Waals surface area contributed by atoms with Crippen LogP contribution in [-0.4, -0.2) is 28.9 Å². The van der Waals surface area contributed by atoms with Crippen LogP contribution < -0.4 is 4.90 Å². The van der Waals surface area contributed by atoms with Gasteiger partial charge in [-0.1, -0.05) is 15.9 Å². The first-order valence-corrected chi connectivity index (χ1v) is 4.50. The van der Waals surface area contributed by atoms with Crippen LogP contribution in [0.15, 0.2) is 18.6 Å². The molecule has 0 aliphatic carbocycles. The molecule has 0 aliphatic rings. The van der Waals surface area contributed by atoms with Crippen LogP contribution in [0.4, 0.5) is 5.82 Å². The molecule has 11 heavy (non-hydrogen) atoms. The second-order valence-electron chi connectivity index (χ2n) is 2.18. The van der Waals surface area contributed by atoms with Crippen LogP contribution >= 0.6 is 15.9 Å². The molecule has 0 N–H and O–H groups in total. The summed E-state index contributed by atoms with van der Waals surface area (Å²) in [6.45, 7) is 0.955. The van der Waals surface area contributed by atoms with Gasteiger partial charge in [-0.25, -0.2) is 9.97 Å². The van der Waals surface area contributed by atoms with Crippen molar-refractivity contribution >= 4 is 21.7 Å². The molecular formula is C7H10BrN3. The lowest BCUT2D eigenvalue weighted by Crippen LogP contribution is -2.20. The first-order chi connectivity index (χ1) is 5.34. The molecule has 60 valence electrons. The normalized spacial score (nSPS) is 9.64. The molecule has 0 saturated carbocycles. The second-order valence-corrected chi connectivity index (χ2v) is 2.97. The van der Waals surface area contributed by atoms with Gasteiger partial charge in [-0.05, 0) is 6.07 Å². The summed E-state index contributed by atoms with van der Waals surface area (Å²) in [5, 5.41) is 0.952. The highest BCUT2D eigenvalue weighted by molar-refractivity contribution is 9.09. The molecule has 0 unspecified atom stereocenters. The summed E-state index contributed by atoms with van der Waals surface area (Å²) in [4.78, 5) is 10.00. The fraction of sp³-hybridized carbons (Fsp3) is 0.429. The predicted molar refractivity (Wildman–Crippen MR) is 49.1 cm³/mol. The van der Waals surface area contributed by atoms with Crippen LogP contribution in [0.1, 0.15) is 0 Å². The standard InChI is InChI=1S/C7H10BrN3/c1-11(5-3-8)7-2-4-9-6-10-7/h2,4,6H,3,5H2,1H3. The van der Waals surface area contributed by atoms with Crippen molar-refractivity contribution in [1.82, 2.24) is 9.97 Å². The monoisotopic (exact) mass is 215 g/mol. The summed E-state index contributed by atoms with van der Waals surface area (Å²) in [5.74, 6) is 0.958. The van der Waals surface area contributed by atoms with Gasteiger partial charge >= 0.3 is 0 Å². The molecule has 0 atom stereocenters. The van der Waals surface area contributed by atoms with Gasteiger partial charge in [-0.15, -0.1) is 0 Å². The van der Waals surface area contributed by atoms with Crippen LogP contribution in [0.2, 0.25) is 0 Å². The molecule has 1 rings (SSSR count). The molecule has 0 fully saturated rings. The molecule has 3 nitrogen and oxygen atoms in total. The highest BCUT2D eigenvalue weighted by Gasteiger charge is 1.97. The molecule has 0 aliphatic heterocycles. The minimum Gasteiger partial charge on any atom is -0.359 e. The molecule has 4 heteroatoms. The minimum atomic E-state index is 0.952. The third kappa shape index (κ3) is 2.46. The smallest absolute Gasteiger partial charge is 0.131 e. The van der Waals surface area contributed by atoms with E-state index in [1.165, 1.54) is 0 Å². The summed E-state index contributed by atoms with van der Waals surface area (Å²) in [6.07, 6.45) is 3.30. The van der Waals surface area contributed by atoms with E-state index in [-0.39, 0.29) is 0 Å². The molecule has 0 aromatic carbocycles. The zero-order chi connectivity index (χ0) is 8.10. The molecule has 1 aromatic heterocycles. The fourth-order valence-corrected chi connectivity index (χ4v) is 1.28. The van der Waals surface area contributed by atoms with Crippen molar-refractivity contribution in [2.45, 2.75) is 0 Å². The number of halogens is 1. The van der Waals surface area contributed by atoms with Crippen molar-refractivity contribution in [1.29, 1.82) is 0 Å². The Labute approximate surface area is 74.6 Å². The Morgan fingerprint density at radius 3 is 3.00 bits per heavy atom. The minimum absolute atomic E-state index is 0.952. The Morgan fingerprint density at radius 1 is 1.64 bits per heavy atom. The zero-order valence-corrected chi connectivity index (χ0v) is 7.95. The Kier molecular flexibility index (Phi) is 3.29. The van der Waals surface area contributed by atoms with E-state index in [9.17, 15) is 0 Å². The molecule has 1 heterocycles. The second kappa shape index (κ2) is 4.28. The first kappa shape index (κ1) is 8.46. The van der Waals surface area contributed by atoms with E-state index in [4.69, 9.17) is 0 Å². The average Bonchev–Trinajstić information content (AvgIpc) is 2.07.